The molecule has 0 aromatic heterocycles. The first-order chi connectivity index (χ1) is 16.3. The van der Waals surface area contributed by atoms with Crippen LogP contribution < -0.4 is 0 Å². The van der Waals surface area contributed by atoms with E-state index in [0.717, 1.165) is 31.5 Å². The molecular formula is C27H42N2O5. The Labute approximate surface area is 204 Å². The van der Waals surface area contributed by atoms with Crippen LogP contribution in [0.1, 0.15) is 58.4 Å². The van der Waals surface area contributed by atoms with Gasteiger partial charge in [0.15, 0.2) is 0 Å². The Morgan fingerprint density at radius 3 is 2.53 bits per heavy atom. The molecule has 34 heavy (non-hydrogen) atoms. The van der Waals surface area contributed by atoms with Crippen molar-refractivity contribution < 1.29 is 23.9 Å². The molecule has 1 aromatic rings. The van der Waals surface area contributed by atoms with E-state index in [-0.39, 0.29) is 25.1 Å². The van der Waals surface area contributed by atoms with E-state index >= 15 is 0 Å². The van der Waals surface area contributed by atoms with E-state index < -0.39 is 11.9 Å². The first-order valence-electron chi connectivity index (χ1n) is 12.6. The number of hydrogen-bond acceptors (Lipinski definition) is 6. The molecule has 0 radical (unpaired) electrons. The minimum atomic E-state index is -0.696. The fourth-order valence-corrected chi connectivity index (χ4v) is 4.52. The maximum absolute atomic E-state index is 12.8. The van der Waals surface area contributed by atoms with E-state index in [4.69, 9.17) is 9.47 Å². The largest absolute Gasteiger partial charge is 0.465 e. The summed E-state index contributed by atoms with van der Waals surface area (Å²) in [5, 5.41) is 0. The van der Waals surface area contributed by atoms with Gasteiger partial charge in [-0.25, -0.2) is 4.79 Å². The van der Waals surface area contributed by atoms with E-state index in [2.05, 4.69) is 25.8 Å². The normalized spacial score (nSPS) is 24.8. The predicted molar refractivity (Wildman–Crippen MR) is 132 cm³/mol. The highest BCUT2D eigenvalue weighted by Gasteiger charge is 2.27. The number of carbonyl (C=O) groups excluding carboxylic acids is 3. The van der Waals surface area contributed by atoms with Gasteiger partial charge in [-0.1, -0.05) is 51.1 Å². The Morgan fingerprint density at radius 2 is 1.82 bits per heavy atom. The van der Waals surface area contributed by atoms with Gasteiger partial charge >= 0.3 is 12.1 Å². The van der Waals surface area contributed by atoms with Gasteiger partial charge in [-0.15, -0.1) is 0 Å². The number of amides is 1. The van der Waals surface area contributed by atoms with Crippen molar-refractivity contribution in [3.63, 3.8) is 0 Å². The van der Waals surface area contributed by atoms with Crippen molar-refractivity contribution in [2.24, 2.45) is 17.8 Å². The molecule has 0 spiro atoms. The zero-order chi connectivity index (χ0) is 24.9. The van der Waals surface area contributed by atoms with E-state index in [1.54, 1.807) is 4.90 Å². The lowest BCUT2D eigenvalue weighted by Crippen LogP contribution is -2.40. The molecule has 1 aliphatic rings. The highest BCUT2D eigenvalue weighted by atomic mass is 16.6. The number of rotatable bonds is 3. The SMILES string of the molecule is CCC1C(=O)CC[C@H](C)C[C@@H](C)CN(C)CCN(C(=O)OCc2ccccc2)CCCOC1=O. The summed E-state index contributed by atoms with van der Waals surface area (Å²) < 4.78 is 11.0. The number of nitrogens with zero attached hydrogens (tertiary/aromatic N) is 2. The zero-order valence-corrected chi connectivity index (χ0v) is 21.3. The summed E-state index contributed by atoms with van der Waals surface area (Å²) in [6.07, 6.45) is 2.79. The van der Waals surface area contributed by atoms with Crippen LogP contribution in [-0.2, 0) is 25.7 Å². The van der Waals surface area contributed by atoms with Crippen LogP contribution in [0, 0.1) is 17.8 Å². The second-order valence-corrected chi connectivity index (χ2v) is 9.72. The summed E-state index contributed by atoms with van der Waals surface area (Å²) in [6.45, 7) is 9.24. The van der Waals surface area contributed by atoms with Gasteiger partial charge in [0.2, 0.25) is 0 Å². The number of benzene rings is 1. The van der Waals surface area contributed by atoms with Crippen molar-refractivity contribution in [2.45, 2.75) is 59.5 Å². The van der Waals surface area contributed by atoms with Crippen molar-refractivity contribution in [1.82, 2.24) is 9.80 Å². The zero-order valence-electron chi connectivity index (χ0n) is 21.3. The molecule has 0 bridgehead atoms. The molecule has 7 nitrogen and oxygen atoms in total. The Kier molecular flexibility index (Phi) is 12.1. The monoisotopic (exact) mass is 474 g/mol. The van der Waals surface area contributed by atoms with Crippen LogP contribution in [0.5, 0.6) is 0 Å². The third-order valence-corrected chi connectivity index (χ3v) is 6.42. The summed E-state index contributed by atoms with van der Waals surface area (Å²) in [5.41, 5.74) is 0.936. The Morgan fingerprint density at radius 1 is 1.09 bits per heavy atom. The van der Waals surface area contributed by atoms with Crippen LogP contribution in [0.25, 0.3) is 0 Å². The highest BCUT2D eigenvalue weighted by Crippen LogP contribution is 2.20. The van der Waals surface area contributed by atoms with E-state index in [9.17, 15) is 14.4 Å². The van der Waals surface area contributed by atoms with Crippen LogP contribution in [-0.4, -0.2) is 67.5 Å². The van der Waals surface area contributed by atoms with Gasteiger partial charge in [-0.2, -0.15) is 0 Å². The molecular weight excluding hydrogens is 432 g/mol. The van der Waals surface area contributed by atoms with Crippen molar-refractivity contribution in [2.75, 3.05) is 39.8 Å². The smallest absolute Gasteiger partial charge is 0.410 e. The lowest BCUT2D eigenvalue weighted by molar-refractivity contribution is -0.152. The fourth-order valence-electron chi connectivity index (χ4n) is 4.52. The van der Waals surface area contributed by atoms with Gasteiger partial charge in [-0.05, 0) is 50.1 Å². The van der Waals surface area contributed by atoms with Crippen molar-refractivity contribution in [1.29, 1.82) is 0 Å². The molecule has 1 fully saturated rings. The number of ether oxygens (including phenoxy) is 2. The van der Waals surface area contributed by atoms with Crippen LogP contribution in [0.3, 0.4) is 0 Å². The third kappa shape index (κ3) is 9.84. The molecule has 190 valence electrons. The Hall–Kier alpha value is -2.41. The van der Waals surface area contributed by atoms with Gasteiger partial charge in [0.25, 0.3) is 0 Å². The molecule has 7 heteroatoms. The van der Waals surface area contributed by atoms with Crippen molar-refractivity contribution >= 4 is 17.8 Å². The lowest BCUT2D eigenvalue weighted by atomic mass is 9.89. The molecule has 0 N–H and O–H groups in total. The van der Waals surface area contributed by atoms with E-state index in [1.807, 2.05) is 37.3 Å². The van der Waals surface area contributed by atoms with Crippen LogP contribution in [0.4, 0.5) is 4.79 Å². The van der Waals surface area contributed by atoms with Gasteiger partial charge in [-0.3, -0.25) is 9.59 Å². The van der Waals surface area contributed by atoms with Crippen LogP contribution >= 0.6 is 0 Å². The topological polar surface area (TPSA) is 76.2 Å². The van der Waals surface area contributed by atoms with Gasteiger partial charge in [0.05, 0.1) is 6.61 Å². The average Bonchev–Trinajstić information content (AvgIpc) is 2.81. The number of ketones is 1. The summed E-state index contributed by atoms with van der Waals surface area (Å²) in [6, 6.07) is 9.60. The standard InChI is InChI=1S/C27H42N2O5/c1-5-24-25(30)13-12-21(2)18-22(3)19-28(4)15-16-29(14-9-17-33-26(24)31)27(32)34-20-23-10-7-6-8-11-23/h6-8,10-11,21-22,24H,5,9,12-20H2,1-4H3/t21-,22+,24?/m0/s1. The number of cyclic esters (lactones) is 1. The molecule has 0 aliphatic carbocycles. The molecule has 1 aromatic carbocycles. The molecule has 0 saturated carbocycles. The molecule has 1 aliphatic heterocycles. The molecule has 1 saturated heterocycles. The lowest BCUT2D eigenvalue weighted by Gasteiger charge is -2.27. The van der Waals surface area contributed by atoms with Gasteiger partial charge in [0, 0.05) is 32.6 Å². The maximum atomic E-state index is 12.8. The first kappa shape index (κ1) is 27.8. The number of likely N-dealkylation sites (N-methyl/N-ethyl adjacent to an activating group) is 1. The first-order valence-corrected chi connectivity index (χ1v) is 12.6. The molecule has 1 amide bonds. The average molecular weight is 475 g/mol. The third-order valence-electron chi connectivity index (χ3n) is 6.42. The van der Waals surface area contributed by atoms with Gasteiger partial charge in [0.1, 0.15) is 18.3 Å². The highest BCUT2D eigenvalue weighted by molar-refractivity contribution is 5.98. The van der Waals surface area contributed by atoms with E-state index in [0.29, 0.717) is 44.2 Å². The molecule has 1 heterocycles. The summed E-state index contributed by atoms with van der Waals surface area (Å²) in [7, 11) is 2.07. The molecule has 2 rings (SSSR count). The Balaban J connectivity index is 2.03. The van der Waals surface area contributed by atoms with Crippen molar-refractivity contribution in [3.8, 4) is 0 Å². The summed E-state index contributed by atoms with van der Waals surface area (Å²) >= 11 is 0. The van der Waals surface area contributed by atoms with Crippen LogP contribution in [0.2, 0.25) is 0 Å². The second-order valence-electron chi connectivity index (χ2n) is 9.72. The minimum Gasteiger partial charge on any atom is -0.465 e. The summed E-state index contributed by atoms with van der Waals surface area (Å²) in [4.78, 5) is 41.9. The molecule has 1 unspecified atom stereocenters. The molecule has 3 atom stereocenters. The van der Waals surface area contributed by atoms with Crippen molar-refractivity contribution in [3.05, 3.63) is 35.9 Å². The predicted octanol–water partition coefficient (Wildman–Crippen LogP) is 4.54. The number of hydrogen-bond donors (Lipinski definition) is 0. The number of carbonyl (C=O) groups is 3. The summed E-state index contributed by atoms with van der Waals surface area (Å²) in [5.74, 6) is -0.300. The fraction of sp³-hybridized carbons (Fsp3) is 0.667. The number of esters is 1. The van der Waals surface area contributed by atoms with Gasteiger partial charge < -0.3 is 19.3 Å². The Bertz CT molecular complexity index is 770. The minimum absolute atomic E-state index is 0.0282. The maximum Gasteiger partial charge on any atom is 0.410 e. The van der Waals surface area contributed by atoms with Crippen LogP contribution in [0.15, 0.2) is 30.3 Å². The van der Waals surface area contributed by atoms with E-state index in [1.165, 1.54) is 0 Å². The second kappa shape index (κ2) is 14.8. The number of Topliss-reactive ketones (excluding diaryl/α,β-unsaturated/α-hetero) is 1. The quantitative estimate of drug-likeness (QED) is 0.473.